The second kappa shape index (κ2) is 8.29. The van der Waals surface area contributed by atoms with Crippen molar-refractivity contribution >= 4 is 51.5 Å². The number of allylic oxidation sites excluding steroid dienone is 2. The number of thioether (sulfide) groups is 1. The van der Waals surface area contributed by atoms with Crippen molar-refractivity contribution in [3.05, 3.63) is 58.8 Å². The Kier molecular flexibility index (Phi) is 5.88. The number of hydrogen-bond acceptors (Lipinski definition) is 6. The predicted molar refractivity (Wildman–Crippen MR) is 122 cm³/mol. The SMILES string of the molecule is C=CCSc1nnc(N2C(=O)CC(c3ccc(Cl)cc3)C3=C2CC(C)(C)CC3=O)s1. The van der Waals surface area contributed by atoms with E-state index in [0.29, 0.717) is 23.0 Å². The monoisotopic (exact) mass is 459 g/mol. The Balaban J connectivity index is 1.81. The van der Waals surface area contributed by atoms with E-state index in [1.54, 1.807) is 23.1 Å². The molecule has 0 radical (unpaired) electrons. The molecule has 0 saturated heterocycles. The minimum Gasteiger partial charge on any atom is -0.294 e. The molecule has 0 saturated carbocycles. The highest BCUT2D eigenvalue weighted by Gasteiger charge is 2.45. The molecule has 2 aliphatic rings. The normalized spacial score (nSPS) is 21.0. The number of Topliss-reactive ketones (excluding diaryl/α,β-unsaturated/α-hetero) is 1. The fourth-order valence-corrected chi connectivity index (χ4v) is 5.87. The summed E-state index contributed by atoms with van der Waals surface area (Å²) in [6.07, 6.45) is 3.13. The van der Waals surface area contributed by atoms with Gasteiger partial charge in [-0.1, -0.05) is 66.8 Å². The van der Waals surface area contributed by atoms with E-state index in [1.165, 1.54) is 23.1 Å². The number of ketones is 1. The van der Waals surface area contributed by atoms with Crippen LogP contribution >= 0.6 is 34.7 Å². The van der Waals surface area contributed by atoms with Gasteiger partial charge in [-0.3, -0.25) is 14.5 Å². The standard InChI is InChI=1S/C22H22ClN3O2S2/c1-4-9-29-21-25-24-20(30-21)26-16-11-22(2,3)12-17(27)19(16)15(10-18(26)28)13-5-7-14(23)8-6-13/h4-8,15H,1,9-12H2,2-3H3. The Bertz CT molecular complexity index is 1040. The van der Waals surface area contributed by atoms with Gasteiger partial charge in [0, 0.05) is 40.8 Å². The van der Waals surface area contributed by atoms with Crippen molar-refractivity contribution in [1.82, 2.24) is 10.2 Å². The molecule has 0 bridgehead atoms. The van der Waals surface area contributed by atoms with Crippen molar-refractivity contribution in [2.75, 3.05) is 10.7 Å². The van der Waals surface area contributed by atoms with Gasteiger partial charge in [0.1, 0.15) is 0 Å². The highest BCUT2D eigenvalue weighted by atomic mass is 35.5. The summed E-state index contributed by atoms with van der Waals surface area (Å²) in [5, 5.41) is 9.64. The highest BCUT2D eigenvalue weighted by molar-refractivity contribution is 8.01. The molecule has 4 rings (SSSR count). The van der Waals surface area contributed by atoms with Gasteiger partial charge in [0.25, 0.3) is 0 Å². The van der Waals surface area contributed by atoms with Crippen LogP contribution in [0.5, 0.6) is 0 Å². The van der Waals surface area contributed by atoms with Crippen LogP contribution in [0.15, 0.2) is 52.5 Å². The number of nitrogens with zero attached hydrogens (tertiary/aromatic N) is 3. The number of hydrogen-bond donors (Lipinski definition) is 0. The lowest BCUT2D eigenvalue weighted by molar-refractivity contribution is -0.121. The summed E-state index contributed by atoms with van der Waals surface area (Å²) < 4.78 is 0.779. The summed E-state index contributed by atoms with van der Waals surface area (Å²) in [4.78, 5) is 28.2. The van der Waals surface area contributed by atoms with Gasteiger partial charge >= 0.3 is 0 Å². The first kappa shape index (κ1) is 21.3. The van der Waals surface area contributed by atoms with E-state index in [-0.39, 0.29) is 29.4 Å². The van der Waals surface area contributed by atoms with Crippen LogP contribution < -0.4 is 4.90 Å². The maximum absolute atomic E-state index is 13.3. The molecule has 1 unspecified atom stereocenters. The molecule has 0 N–H and O–H groups in total. The average molecular weight is 460 g/mol. The van der Waals surface area contributed by atoms with Crippen LogP contribution in [0.1, 0.15) is 44.6 Å². The average Bonchev–Trinajstić information content (AvgIpc) is 3.13. The fourth-order valence-electron chi connectivity index (χ4n) is 4.10. The number of aromatic nitrogens is 2. The zero-order valence-electron chi connectivity index (χ0n) is 16.9. The summed E-state index contributed by atoms with van der Waals surface area (Å²) in [5.41, 5.74) is 2.21. The number of halogens is 1. The van der Waals surface area contributed by atoms with Gasteiger partial charge in [0.15, 0.2) is 10.1 Å². The largest absolute Gasteiger partial charge is 0.294 e. The van der Waals surface area contributed by atoms with Crippen molar-refractivity contribution in [2.45, 2.75) is 43.4 Å². The first-order chi connectivity index (χ1) is 14.3. The Morgan fingerprint density at radius 2 is 2.00 bits per heavy atom. The zero-order valence-corrected chi connectivity index (χ0v) is 19.2. The predicted octanol–water partition coefficient (Wildman–Crippen LogP) is 5.63. The molecule has 0 fully saturated rings. The molecular formula is C22H22ClN3O2S2. The third-order valence-corrected chi connectivity index (χ3v) is 7.62. The number of amides is 1. The van der Waals surface area contributed by atoms with Crippen molar-refractivity contribution in [1.29, 1.82) is 0 Å². The molecule has 156 valence electrons. The summed E-state index contributed by atoms with van der Waals surface area (Å²) in [5.74, 6) is 0.507. The number of carbonyl (C=O) groups is 2. The molecular weight excluding hydrogens is 438 g/mol. The second-order valence-corrected chi connectivity index (χ2v) is 10.9. The molecule has 2 heterocycles. The third-order valence-electron chi connectivity index (χ3n) is 5.33. The van der Waals surface area contributed by atoms with Gasteiger partial charge in [-0.05, 0) is 29.5 Å². The molecule has 30 heavy (non-hydrogen) atoms. The Morgan fingerprint density at radius 3 is 2.70 bits per heavy atom. The van der Waals surface area contributed by atoms with Gasteiger partial charge in [0.2, 0.25) is 11.0 Å². The van der Waals surface area contributed by atoms with Crippen LogP contribution in [0.3, 0.4) is 0 Å². The summed E-state index contributed by atoms with van der Waals surface area (Å²) in [6, 6.07) is 7.42. The number of carbonyl (C=O) groups excluding carboxylic acids is 2. The van der Waals surface area contributed by atoms with Crippen LogP contribution in [-0.4, -0.2) is 27.6 Å². The van der Waals surface area contributed by atoms with Crippen LogP contribution in [-0.2, 0) is 9.59 Å². The first-order valence-corrected chi connectivity index (χ1v) is 11.9. The quantitative estimate of drug-likeness (QED) is 0.329. The lowest BCUT2D eigenvalue weighted by atomic mass is 9.69. The minimum atomic E-state index is -0.257. The van der Waals surface area contributed by atoms with E-state index in [0.717, 1.165) is 26.9 Å². The molecule has 5 nitrogen and oxygen atoms in total. The molecule has 1 aliphatic carbocycles. The Hall–Kier alpha value is -1.96. The maximum Gasteiger partial charge on any atom is 0.234 e. The zero-order chi connectivity index (χ0) is 21.5. The van der Waals surface area contributed by atoms with Gasteiger partial charge < -0.3 is 0 Å². The molecule has 1 aromatic heterocycles. The maximum atomic E-state index is 13.3. The smallest absolute Gasteiger partial charge is 0.234 e. The van der Waals surface area contributed by atoms with E-state index in [4.69, 9.17) is 11.6 Å². The van der Waals surface area contributed by atoms with Crippen LogP contribution in [0.4, 0.5) is 5.13 Å². The molecule has 2 aromatic rings. The van der Waals surface area contributed by atoms with Gasteiger partial charge in [-0.15, -0.1) is 16.8 Å². The van der Waals surface area contributed by atoms with Crippen molar-refractivity contribution in [3.63, 3.8) is 0 Å². The van der Waals surface area contributed by atoms with Crippen LogP contribution in [0.2, 0.25) is 5.02 Å². The van der Waals surface area contributed by atoms with E-state index >= 15 is 0 Å². The van der Waals surface area contributed by atoms with Crippen LogP contribution in [0.25, 0.3) is 0 Å². The van der Waals surface area contributed by atoms with Crippen molar-refractivity contribution in [2.24, 2.45) is 5.41 Å². The number of benzene rings is 1. The van der Waals surface area contributed by atoms with Crippen molar-refractivity contribution < 1.29 is 9.59 Å². The Morgan fingerprint density at radius 1 is 1.27 bits per heavy atom. The van der Waals surface area contributed by atoms with Gasteiger partial charge in [-0.25, -0.2) is 0 Å². The van der Waals surface area contributed by atoms with E-state index < -0.39 is 0 Å². The topological polar surface area (TPSA) is 63.2 Å². The molecule has 1 aliphatic heterocycles. The molecule has 8 heteroatoms. The first-order valence-electron chi connectivity index (χ1n) is 9.71. The van der Waals surface area contributed by atoms with Crippen molar-refractivity contribution in [3.8, 4) is 0 Å². The Labute approximate surface area is 189 Å². The molecule has 1 aromatic carbocycles. The van der Waals surface area contributed by atoms with E-state index in [1.807, 2.05) is 12.1 Å². The lowest BCUT2D eigenvalue weighted by Gasteiger charge is -2.41. The van der Waals surface area contributed by atoms with E-state index in [2.05, 4.69) is 30.6 Å². The third kappa shape index (κ3) is 4.11. The lowest BCUT2D eigenvalue weighted by Crippen LogP contribution is -2.43. The van der Waals surface area contributed by atoms with Crippen LogP contribution in [0, 0.1) is 5.41 Å². The van der Waals surface area contributed by atoms with E-state index in [9.17, 15) is 9.59 Å². The van der Waals surface area contributed by atoms with Gasteiger partial charge in [0.05, 0.1) is 0 Å². The molecule has 1 amide bonds. The molecule has 0 spiro atoms. The molecule has 1 atom stereocenters. The summed E-state index contributed by atoms with van der Waals surface area (Å²) >= 11 is 8.95. The number of rotatable bonds is 5. The minimum absolute atomic E-state index is 0.0596. The second-order valence-electron chi connectivity index (χ2n) is 8.29. The summed E-state index contributed by atoms with van der Waals surface area (Å²) in [6.45, 7) is 7.85. The highest BCUT2D eigenvalue weighted by Crippen LogP contribution is 2.48. The fraction of sp³-hybridized carbons (Fsp3) is 0.364. The van der Waals surface area contributed by atoms with Gasteiger partial charge in [-0.2, -0.15) is 0 Å². The number of anilines is 1. The summed E-state index contributed by atoms with van der Waals surface area (Å²) in [7, 11) is 0.